The van der Waals surface area contributed by atoms with E-state index >= 15 is 0 Å². The van der Waals surface area contributed by atoms with E-state index in [-0.39, 0.29) is 18.1 Å². The van der Waals surface area contributed by atoms with Gasteiger partial charge in [-0.3, -0.25) is 4.99 Å². The molecule has 1 aromatic carbocycles. The highest BCUT2D eigenvalue weighted by Gasteiger charge is 2.08. The standard InChI is InChI=1S/C15H18N4O4/c16-14(17)18-6-3-7-19-15(21)22-9-11-8-10-4-1-2-5-12(10)23-13(11)20/h1-2,4-5,8H,3,6-7,9H2,(H,19,21)(H4,16,17,18). The number of para-hydroxylation sites is 1. The highest BCUT2D eigenvalue weighted by Crippen LogP contribution is 2.12. The van der Waals surface area contributed by atoms with Crippen molar-refractivity contribution < 1.29 is 13.9 Å². The Kier molecular flexibility index (Phi) is 5.56. The van der Waals surface area contributed by atoms with Gasteiger partial charge in [-0.05, 0) is 18.6 Å². The van der Waals surface area contributed by atoms with Crippen LogP contribution in [0.1, 0.15) is 12.0 Å². The van der Waals surface area contributed by atoms with Crippen LogP contribution in [0, 0.1) is 0 Å². The van der Waals surface area contributed by atoms with Crippen LogP contribution < -0.4 is 22.4 Å². The van der Waals surface area contributed by atoms with Crippen LogP contribution >= 0.6 is 0 Å². The van der Waals surface area contributed by atoms with Gasteiger partial charge in [0, 0.05) is 18.5 Å². The number of carbonyl (C=O) groups excluding carboxylic acids is 1. The Labute approximate surface area is 132 Å². The number of fused-ring (bicyclic) bond motifs is 1. The minimum absolute atomic E-state index is 0.00982. The molecule has 8 nitrogen and oxygen atoms in total. The predicted octanol–water partition coefficient (Wildman–Crippen LogP) is 0.683. The number of benzene rings is 1. The molecule has 0 aliphatic carbocycles. The SMILES string of the molecule is NC(N)=NCCCNC(=O)OCc1cc2ccccc2oc1=O. The summed E-state index contributed by atoms with van der Waals surface area (Å²) < 4.78 is 10.1. The van der Waals surface area contributed by atoms with Crippen molar-refractivity contribution >= 4 is 23.0 Å². The molecule has 0 saturated heterocycles. The maximum absolute atomic E-state index is 11.8. The molecule has 1 amide bonds. The second-order valence-electron chi connectivity index (χ2n) is 4.76. The zero-order chi connectivity index (χ0) is 16.7. The molecule has 0 aliphatic rings. The van der Waals surface area contributed by atoms with Crippen LogP contribution in [-0.4, -0.2) is 25.1 Å². The van der Waals surface area contributed by atoms with Crippen LogP contribution in [0.2, 0.25) is 0 Å². The fourth-order valence-corrected chi connectivity index (χ4v) is 1.88. The number of guanidine groups is 1. The van der Waals surface area contributed by atoms with Crippen LogP contribution in [0.4, 0.5) is 4.79 Å². The van der Waals surface area contributed by atoms with Gasteiger partial charge in [-0.15, -0.1) is 0 Å². The lowest BCUT2D eigenvalue weighted by atomic mass is 10.2. The van der Waals surface area contributed by atoms with Gasteiger partial charge in [0.25, 0.3) is 0 Å². The van der Waals surface area contributed by atoms with Crippen LogP contribution in [0.3, 0.4) is 0 Å². The molecule has 0 bridgehead atoms. The van der Waals surface area contributed by atoms with Crippen LogP contribution in [0.25, 0.3) is 11.0 Å². The Hall–Kier alpha value is -3.03. The first-order valence-corrected chi connectivity index (χ1v) is 7.04. The Morgan fingerprint density at radius 3 is 2.87 bits per heavy atom. The van der Waals surface area contributed by atoms with Crippen molar-refractivity contribution in [2.45, 2.75) is 13.0 Å². The normalized spacial score (nSPS) is 10.3. The molecular formula is C15H18N4O4. The molecule has 1 heterocycles. The molecule has 0 saturated carbocycles. The van der Waals surface area contributed by atoms with E-state index in [1.807, 2.05) is 12.1 Å². The molecule has 5 N–H and O–H groups in total. The van der Waals surface area contributed by atoms with E-state index in [2.05, 4.69) is 10.3 Å². The number of ether oxygens (including phenoxy) is 1. The van der Waals surface area contributed by atoms with Crippen molar-refractivity contribution in [3.05, 3.63) is 46.3 Å². The molecule has 2 aromatic rings. The molecule has 122 valence electrons. The number of alkyl carbamates (subject to hydrolysis) is 1. The van der Waals surface area contributed by atoms with Gasteiger partial charge in [-0.2, -0.15) is 0 Å². The highest BCUT2D eigenvalue weighted by molar-refractivity contribution is 5.77. The number of rotatable bonds is 6. The number of nitrogens with zero attached hydrogens (tertiary/aromatic N) is 1. The monoisotopic (exact) mass is 318 g/mol. The number of nitrogens with two attached hydrogens (primary N) is 2. The molecule has 0 spiro atoms. The molecule has 0 unspecified atom stereocenters. The molecule has 0 radical (unpaired) electrons. The van der Waals surface area contributed by atoms with Crippen LogP contribution in [-0.2, 0) is 11.3 Å². The van der Waals surface area contributed by atoms with E-state index in [1.54, 1.807) is 18.2 Å². The number of aliphatic imine (C=N–C) groups is 1. The van der Waals surface area contributed by atoms with E-state index in [9.17, 15) is 9.59 Å². The van der Waals surface area contributed by atoms with Gasteiger partial charge < -0.3 is 25.9 Å². The average Bonchev–Trinajstić information content (AvgIpc) is 2.52. The Bertz CT molecular complexity index is 765. The van der Waals surface area contributed by atoms with Crippen molar-refractivity contribution in [1.82, 2.24) is 5.32 Å². The summed E-state index contributed by atoms with van der Waals surface area (Å²) in [6.45, 7) is 0.617. The highest BCUT2D eigenvalue weighted by atomic mass is 16.5. The predicted molar refractivity (Wildman–Crippen MR) is 86.0 cm³/mol. The van der Waals surface area contributed by atoms with E-state index in [4.69, 9.17) is 20.6 Å². The number of carbonyl (C=O) groups is 1. The van der Waals surface area contributed by atoms with Crippen molar-refractivity contribution in [1.29, 1.82) is 0 Å². The van der Waals surface area contributed by atoms with Gasteiger partial charge in [0.2, 0.25) is 0 Å². The first kappa shape index (κ1) is 16.3. The fraction of sp³-hybridized carbons (Fsp3) is 0.267. The second kappa shape index (κ2) is 7.83. The number of hydrogen-bond acceptors (Lipinski definition) is 5. The number of hydrogen-bond donors (Lipinski definition) is 3. The van der Waals surface area contributed by atoms with Gasteiger partial charge in [0.1, 0.15) is 12.2 Å². The van der Waals surface area contributed by atoms with E-state index in [0.717, 1.165) is 5.39 Å². The molecule has 0 atom stereocenters. The summed E-state index contributed by atoms with van der Waals surface area (Å²) in [5.74, 6) is 0.00982. The van der Waals surface area contributed by atoms with E-state index < -0.39 is 11.7 Å². The van der Waals surface area contributed by atoms with Gasteiger partial charge in [-0.1, -0.05) is 18.2 Å². The summed E-state index contributed by atoms with van der Waals surface area (Å²) >= 11 is 0. The third kappa shape index (κ3) is 5.03. The minimum Gasteiger partial charge on any atom is -0.444 e. The number of amides is 1. The maximum Gasteiger partial charge on any atom is 0.407 e. The molecule has 0 aliphatic heterocycles. The smallest absolute Gasteiger partial charge is 0.407 e. The second-order valence-corrected chi connectivity index (χ2v) is 4.76. The van der Waals surface area contributed by atoms with Gasteiger partial charge in [0.15, 0.2) is 5.96 Å². The lowest BCUT2D eigenvalue weighted by molar-refractivity contribution is 0.138. The summed E-state index contributed by atoms with van der Waals surface area (Å²) in [7, 11) is 0. The van der Waals surface area contributed by atoms with Gasteiger partial charge in [-0.25, -0.2) is 9.59 Å². The van der Waals surface area contributed by atoms with Crippen LogP contribution in [0.5, 0.6) is 0 Å². The molecule has 8 heteroatoms. The van der Waals surface area contributed by atoms with E-state index in [1.165, 1.54) is 0 Å². The first-order valence-electron chi connectivity index (χ1n) is 7.04. The van der Waals surface area contributed by atoms with E-state index in [0.29, 0.717) is 25.1 Å². The first-order chi connectivity index (χ1) is 11.1. The maximum atomic E-state index is 11.8. The summed E-state index contributed by atoms with van der Waals surface area (Å²) in [6, 6.07) is 8.76. The molecule has 23 heavy (non-hydrogen) atoms. The lowest BCUT2D eigenvalue weighted by Gasteiger charge is -2.06. The quantitative estimate of drug-likeness (QED) is 0.310. The van der Waals surface area contributed by atoms with Crippen molar-refractivity contribution in [3.63, 3.8) is 0 Å². The zero-order valence-electron chi connectivity index (χ0n) is 12.5. The topological polar surface area (TPSA) is 133 Å². The summed E-state index contributed by atoms with van der Waals surface area (Å²) in [6.07, 6.45) is -0.0484. The third-order valence-corrected chi connectivity index (χ3v) is 2.97. The fourth-order valence-electron chi connectivity index (χ4n) is 1.88. The average molecular weight is 318 g/mol. The molecule has 2 rings (SSSR count). The molecule has 0 fully saturated rings. The molecule has 1 aromatic heterocycles. The number of nitrogens with one attached hydrogen (secondary N) is 1. The summed E-state index contributed by atoms with van der Waals surface area (Å²) in [5, 5.41) is 3.31. The Morgan fingerprint density at radius 1 is 1.30 bits per heavy atom. The van der Waals surface area contributed by atoms with Crippen molar-refractivity contribution in [3.8, 4) is 0 Å². The van der Waals surface area contributed by atoms with Crippen molar-refractivity contribution in [2.24, 2.45) is 16.5 Å². The summed E-state index contributed by atoms with van der Waals surface area (Å²) in [5.41, 5.74) is 10.6. The minimum atomic E-state index is -0.623. The largest absolute Gasteiger partial charge is 0.444 e. The van der Waals surface area contributed by atoms with Gasteiger partial charge >= 0.3 is 11.7 Å². The van der Waals surface area contributed by atoms with Gasteiger partial charge in [0.05, 0.1) is 5.56 Å². The Balaban J connectivity index is 1.83. The molecular weight excluding hydrogens is 300 g/mol. The zero-order valence-corrected chi connectivity index (χ0v) is 12.5. The lowest BCUT2D eigenvalue weighted by Crippen LogP contribution is -2.27. The Morgan fingerprint density at radius 2 is 2.09 bits per heavy atom. The van der Waals surface area contributed by atoms with Crippen LogP contribution in [0.15, 0.2) is 44.5 Å². The van der Waals surface area contributed by atoms with Crippen molar-refractivity contribution in [2.75, 3.05) is 13.1 Å². The summed E-state index contributed by atoms with van der Waals surface area (Å²) in [4.78, 5) is 27.1. The third-order valence-electron chi connectivity index (χ3n) is 2.97.